The van der Waals surface area contributed by atoms with Gasteiger partial charge in [0, 0.05) is 17.8 Å². The molecule has 0 saturated heterocycles. The molecule has 2 heteroatoms. The number of carbonyl (C=O) groups is 1. The first-order chi connectivity index (χ1) is 10.1. The first-order valence-corrected chi connectivity index (χ1v) is 8.35. The maximum absolute atomic E-state index is 12.9. The fourth-order valence-electron chi connectivity index (χ4n) is 3.26. The van der Waals surface area contributed by atoms with Crippen molar-refractivity contribution in [3.8, 4) is 5.75 Å². The Labute approximate surface area is 135 Å². The van der Waals surface area contributed by atoms with E-state index >= 15 is 0 Å². The molecule has 0 aliphatic carbocycles. The second-order valence-electron chi connectivity index (χ2n) is 8.82. The summed E-state index contributed by atoms with van der Waals surface area (Å²) in [6.07, 6.45) is 2.75. The predicted molar refractivity (Wildman–Crippen MR) is 91.4 cm³/mol. The van der Waals surface area contributed by atoms with Crippen molar-refractivity contribution in [2.75, 3.05) is 6.61 Å². The quantitative estimate of drug-likeness (QED) is 0.796. The smallest absolute Gasteiger partial charge is 0.141 e. The Morgan fingerprint density at radius 3 is 2.45 bits per heavy atom. The van der Waals surface area contributed by atoms with Crippen molar-refractivity contribution < 1.29 is 9.53 Å². The molecular formula is C20H30O2. The number of ether oxygens (including phenoxy) is 1. The van der Waals surface area contributed by atoms with E-state index in [0.717, 1.165) is 31.6 Å². The largest absolute Gasteiger partial charge is 0.493 e. The summed E-state index contributed by atoms with van der Waals surface area (Å²) in [5.74, 6) is 1.47. The van der Waals surface area contributed by atoms with Gasteiger partial charge in [0.15, 0.2) is 0 Å². The molecule has 122 valence electrons. The van der Waals surface area contributed by atoms with Crippen molar-refractivity contribution in [3.63, 3.8) is 0 Å². The van der Waals surface area contributed by atoms with Gasteiger partial charge < -0.3 is 4.74 Å². The molecule has 1 atom stereocenters. The van der Waals surface area contributed by atoms with E-state index in [4.69, 9.17) is 4.74 Å². The van der Waals surface area contributed by atoms with E-state index in [1.807, 2.05) is 20.8 Å². The van der Waals surface area contributed by atoms with E-state index in [9.17, 15) is 4.79 Å². The molecule has 1 unspecified atom stereocenters. The maximum Gasteiger partial charge on any atom is 0.141 e. The second kappa shape index (κ2) is 6.06. The van der Waals surface area contributed by atoms with Crippen LogP contribution in [-0.2, 0) is 17.6 Å². The average molecular weight is 302 g/mol. The molecule has 1 aliphatic rings. The normalized spacial score (nSPS) is 16.1. The van der Waals surface area contributed by atoms with Crippen LogP contribution in [0.1, 0.15) is 59.1 Å². The van der Waals surface area contributed by atoms with Crippen molar-refractivity contribution in [1.82, 2.24) is 0 Å². The monoisotopic (exact) mass is 302 g/mol. The Balaban J connectivity index is 2.20. The molecule has 2 nitrogen and oxygen atoms in total. The molecule has 1 aromatic rings. The molecule has 0 fully saturated rings. The fourth-order valence-corrected chi connectivity index (χ4v) is 3.26. The molecule has 22 heavy (non-hydrogen) atoms. The zero-order valence-corrected chi connectivity index (χ0v) is 15.0. The number of carbonyl (C=O) groups excluding carboxylic acids is 1. The van der Waals surface area contributed by atoms with Gasteiger partial charge in [0.1, 0.15) is 11.5 Å². The van der Waals surface area contributed by atoms with Gasteiger partial charge in [0.05, 0.1) is 6.61 Å². The second-order valence-corrected chi connectivity index (χ2v) is 8.82. The van der Waals surface area contributed by atoms with Gasteiger partial charge in [-0.1, -0.05) is 53.7 Å². The van der Waals surface area contributed by atoms with E-state index in [1.165, 1.54) is 11.1 Å². The van der Waals surface area contributed by atoms with Crippen LogP contribution in [0.25, 0.3) is 0 Å². The standard InChI is InChI=1S/C20H30O2/c1-19(2,3)13-16(18(21)20(4,5)6)12-14-7-8-17-15(11-14)9-10-22-17/h7-8,11,16H,9-10,12-13H2,1-6H3. The molecule has 1 aromatic carbocycles. The van der Waals surface area contributed by atoms with Crippen LogP contribution in [0.15, 0.2) is 18.2 Å². The highest BCUT2D eigenvalue weighted by Crippen LogP contribution is 2.34. The minimum absolute atomic E-state index is 0.0837. The lowest BCUT2D eigenvalue weighted by atomic mass is 9.73. The minimum Gasteiger partial charge on any atom is -0.493 e. The molecule has 0 N–H and O–H groups in total. The summed E-state index contributed by atoms with van der Waals surface area (Å²) in [4.78, 5) is 12.9. The Bertz CT molecular complexity index is 544. The lowest BCUT2D eigenvalue weighted by Gasteiger charge is -2.30. The Morgan fingerprint density at radius 1 is 1.18 bits per heavy atom. The zero-order chi connectivity index (χ0) is 16.5. The Hall–Kier alpha value is -1.31. The fraction of sp³-hybridized carbons (Fsp3) is 0.650. The van der Waals surface area contributed by atoms with Crippen molar-refractivity contribution in [1.29, 1.82) is 0 Å². The van der Waals surface area contributed by atoms with Gasteiger partial charge in [-0.25, -0.2) is 0 Å². The number of fused-ring (bicyclic) bond motifs is 1. The Kier molecular flexibility index (Phi) is 4.70. The van der Waals surface area contributed by atoms with Crippen LogP contribution in [0, 0.1) is 16.7 Å². The minimum atomic E-state index is -0.282. The molecule has 0 aromatic heterocycles. The molecule has 1 aliphatic heterocycles. The van der Waals surface area contributed by atoms with E-state index in [1.54, 1.807) is 0 Å². The van der Waals surface area contributed by atoms with Crippen LogP contribution in [0.3, 0.4) is 0 Å². The molecule has 0 radical (unpaired) electrons. The van der Waals surface area contributed by atoms with E-state index in [-0.39, 0.29) is 16.7 Å². The number of rotatable bonds is 4. The number of benzene rings is 1. The van der Waals surface area contributed by atoms with Gasteiger partial charge in [-0.15, -0.1) is 0 Å². The van der Waals surface area contributed by atoms with Crippen LogP contribution in [0.5, 0.6) is 5.75 Å². The van der Waals surface area contributed by atoms with Crippen LogP contribution in [0.2, 0.25) is 0 Å². The summed E-state index contributed by atoms with van der Waals surface area (Å²) in [5, 5.41) is 0. The van der Waals surface area contributed by atoms with Crippen LogP contribution in [0.4, 0.5) is 0 Å². The van der Waals surface area contributed by atoms with Gasteiger partial charge >= 0.3 is 0 Å². The maximum atomic E-state index is 12.9. The van der Waals surface area contributed by atoms with E-state index in [0.29, 0.717) is 5.78 Å². The molecule has 0 saturated carbocycles. The van der Waals surface area contributed by atoms with E-state index in [2.05, 4.69) is 39.0 Å². The molecule has 0 spiro atoms. The van der Waals surface area contributed by atoms with Gasteiger partial charge in [-0.3, -0.25) is 4.79 Å². The van der Waals surface area contributed by atoms with Gasteiger partial charge in [0.2, 0.25) is 0 Å². The molecule has 0 bridgehead atoms. The summed E-state index contributed by atoms with van der Waals surface area (Å²) in [6, 6.07) is 6.41. The van der Waals surface area contributed by atoms with Crippen LogP contribution in [-0.4, -0.2) is 12.4 Å². The molecule has 1 heterocycles. The first-order valence-electron chi connectivity index (χ1n) is 8.35. The summed E-state index contributed by atoms with van der Waals surface area (Å²) in [7, 11) is 0. The van der Waals surface area contributed by atoms with Crippen LogP contribution < -0.4 is 4.74 Å². The average Bonchev–Trinajstić information content (AvgIpc) is 2.81. The summed E-state index contributed by atoms with van der Waals surface area (Å²) in [6.45, 7) is 13.5. The SMILES string of the molecule is CC(C)(C)CC(Cc1ccc2c(c1)CCO2)C(=O)C(C)(C)C. The molecule has 0 amide bonds. The highest BCUT2D eigenvalue weighted by molar-refractivity contribution is 5.86. The lowest BCUT2D eigenvalue weighted by molar-refractivity contribution is -0.131. The van der Waals surface area contributed by atoms with Crippen molar-refractivity contribution in [2.45, 2.75) is 60.8 Å². The van der Waals surface area contributed by atoms with Crippen molar-refractivity contribution in [2.24, 2.45) is 16.7 Å². The lowest BCUT2D eigenvalue weighted by Crippen LogP contribution is -2.32. The number of hydrogen-bond acceptors (Lipinski definition) is 2. The number of Topliss-reactive ketones (excluding diaryl/α,β-unsaturated/α-hetero) is 1. The molecule has 2 rings (SSSR count). The molecular weight excluding hydrogens is 272 g/mol. The van der Waals surface area contributed by atoms with Gasteiger partial charge in [-0.2, -0.15) is 0 Å². The number of ketones is 1. The van der Waals surface area contributed by atoms with Gasteiger partial charge in [0.25, 0.3) is 0 Å². The third-order valence-corrected chi connectivity index (χ3v) is 4.20. The van der Waals surface area contributed by atoms with Gasteiger partial charge in [-0.05, 0) is 35.4 Å². The topological polar surface area (TPSA) is 26.3 Å². The summed E-state index contributed by atoms with van der Waals surface area (Å²) < 4.78 is 5.57. The van der Waals surface area contributed by atoms with Crippen LogP contribution >= 0.6 is 0 Å². The first kappa shape index (κ1) is 17.1. The highest BCUT2D eigenvalue weighted by atomic mass is 16.5. The van der Waals surface area contributed by atoms with E-state index < -0.39 is 0 Å². The van der Waals surface area contributed by atoms with Crippen molar-refractivity contribution >= 4 is 5.78 Å². The summed E-state index contributed by atoms with van der Waals surface area (Å²) in [5.41, 5.74) is 2.42. The van der Waals surface area contributed by atoms with Crippen molar-refractivity contribution in [3.05, 3.63) is 29.3 Å². The predicted octanol–water partition coefficient (Wildman–Crippen LogP) is 4.83. The third-order valence-electron chi connectivity index (χ3n) is 4.20. The zero-order valence-electron chi connectivity index (χ0n) is 15.0. The highest BCUT2D eigenvalue weighted by Gasteiger charge is 2.32. The summed E-state index contributed by atoms with van der Waals surface area (Å²) >= 11 is 0. The number of hydrogen-bond donors (Lipinski definition) is 0. The Morgan fingerprint density at radius 2 is 1.86 bits per heavy atom. The third kappa shape index (κ3) is 4.34.